The van der Waals surface area contributed by atoms with Crippen LogP contribution in [0.2, 0.25) is 0 Å². The zero-order valence-corrected chi connectivity index (χ0v) is 18.7. The molecule has 0 aliphatic heterocycles. The number of benzene rings is 2. The molecule has 1 aromatic heterocycles. The second-order valence-corrected chi connectivity index (χ2v) is 7.22. The van der Waals surface area contributed by atoms with E-state index in [0.29, 0.717) is 39.6 Å². The number of ether oxygens (including phenoxy) is 3. The van der Waals surface area contributed by atoms with Crippen LogP contribution < -0.4 is 14.9 Å². The van der Waals surface area contributed by atoms with Crippen LogP contribution in [-0.4, -0.2) is 23.9 Å². The number of H-pyrrole nitrogens is 1. The van der Waals surface area contributed by atoms with Crippen molar-refractivity contribution in [1.29, 1.82) is 0 Å². The minimum Gasteiger partial charge on any atom is -0.463 e. The molecule has 0 unspecified atom stereocenters. The van der Waals surface area contributed by atoms with E-state index in [1.165, 1.54) is 24.3 Å². The van der Waals surface area contributed by atoms with Crippen LogP contribution in [0.15, 0.2) is 59.4 Å². The van der Waals surface area contributed by atoms with E-state index < -0.39 is 12.3 Å². The fourth-order valence-corrected chi connectivity index (χ4v) is 3.13. The van der Waals surface area contributed by atoms with Gasteiger partial charge in [0.25, 0.3) is 0 Å². The molecule has 0 saturated heterocycles. The van der Waals surface area contributed by atoms with Gasteiger partial charge in [-0.2, -0.15) is 0 Å². The second kappa shape index (κ2) is 10.3. The van der Waals surface area contributed by atoms with Gasteiger partial charge < -0.3 is 19.2 Å². The molecule has 1 heterocycles. The smallest absolute Gasteiger partial charge is 0.463 e. The zero-order chi connectivity index (χ0) is 24.9. The molecular weight excluding hydrogens is 451 g/mol. The average molecular weight is 473 g/mol. The number of aromatic nitrogens is 1. The lowest BCUT2D eigenvalue weighted by atomic mass is 9.99. The van der Waals surface area contributed by atoms with E-state index >= 15 is 0 Å². The normalized spacial score (nSPS) is 11.5. The molecule has 0 radical (unpaired) electrons. The van der Waals surface area contributed by atoms with Crippen molar-refractivity contribution in [3.05, 3.63) is 81.8 Å². The molecule has 178 valence electrons. The molecule has 0 aliphatic carbocycles. The topological polar surface area (TPSA) is 77.6 Å². The summed E-state index contributed by atoms with van der Waals surface area (Å²) in [5, 5.41) is 0. The lowest BCUT2D eigenvalue weighted by Crippen LogP contribution is -2.16. The minimum absolute atomic E-state index is 0.186. The van der Waals surface area contributed by atoms with Crippen LogP contribution in [-0.2, 0) is 9.53 Å². The molecule has 0 fully saturated rings. The van der Waals surface area contributed by atoms with Gasteiger partial charge in [-0.15, -0.1) is 13.2 Å². The summed E-state index contributed by atoms with van der Waals surface area (Å²) >= 11 is 0. The monoisotopic (exact) mass is 473 g/mol. The molecule has 6 nitrogen and oxygen atoms in total. The van der Waals surface area contributed by atoms with Crippen molar-refractivity contribution in [3.63, 3.8) is 0 Å². The van der Waals surface area contributed by atoms with Crippen molar-refractivity contribution in [3.8, 4) is 28.4 Å². The van der Waals surface area contributed by atoms with Gasteiger partial charge in [0.05, 0.1) is 17.9 Å². The number of pyridine rings is 1. The maximum atomic E-state index is 13.0. The van der Waals surface area contributed by atoms with Crippen molar-refractivity contribution in [2.24, 2.45) is 0 Å². The summed E-state index contributed by atoms with van der Waals surface area (Å²) < 4.78 is 51.3. The molecular formula is C25H22F3NO5. The second-order valence-electron chi connectivity index (χ2n) is 7.22. The Morgan fingerprint density at radius 1 is 0.971 bits per heavy atom. The number of alkyl halides is 3. The molecule has 0 amide bonds. The first-order valence-electron chi connectivity index (χ1n) is 10.3. The van der Waals surface area contributed by atoms with Gasteiger partial charge >= 0.3 is 12.3 Å². The van der Waals surface area contributed by atoms with Gasteiger partial charge in [0.1, 0.15) is 17.2 Å². The summed E-state index contributed by atoms with van der Waals surface area (Å²) in [5.74, 6) is -0.156. The van der Waals surface area contributed by atoms with E-state index in [1.54, 1.807) is 45.0 Å². The molecule has 0 spiro atoms. The van der Waals surface area contributed by atoms with Crippen LogP contribution in [0.25, 0.3) is 17.2 Å². The van der Waals surface area contributed by atoms with Crippen LogP contribution in [0.3, 0.4) is 0 Å². The SMILES string of the molecule is CCOC(=O)/C=C/c1[nH]c(C)c(C)c(=O)c1-c1ccc(Oc2ccc(OC(F)(F)F)cc2)cc1. The Bertz CT molecular complexity index is 1240. The molecule has 0 saturated carbocycles. The summed E-state index contributed by atoms with van der Waals surface area (Å²) in [6.45, 7) is 5.41. The maximum absolute atomic E-state index is 13.0. The highest BCUT2D eigenvalue weighted by Gasteiger charge is 2.31. The van der Waals surface area contributed by atoms with Crippen LogP contribution in [0, 0.1) is 13.8 Å². The number of carbonyl (C=O) groups is 1. The Labute approximate surface area is 193 Å². The van der Waals surface area contributed by atoms with Crippen molar-refractivity contribution < 1.29 is 32.2 Å². The molecule has 0 bridgehead atoms. The number of nitrogens with one attached hydrogen (secondary N) is 1. The van der Waals surface area contributed by atoms with Crippen molar-refractivity contribution in [2.75, 3.05) is 6.61 Å². The molecule has 0 aliphatic rings. The van der Waals surface area contributed by atoms with Crippen molar-refractivity contribution in [1.82, 2.24) is 4.98 Å². The van der Waals surface area contributed by atoms with Crippen molar-refractivity contribution >= 4 is 12.0 Å². The maximum Gasteiger partial charge on any atom is 0.573 e. The Morgan fingerprint density at radius 3 is 2.09 bits per heavy atom. The number of rotatable bonds is 7. The van der Waals surface area contributed by atoms with Gasteiger partial charge in [-0.1, -0.05) is 12.1 Å². The number of carbonyl (C=O) groups excluding carboxylic acids is 1. The molecule has 9 heteroatoms. The Balaban J connectivity index is 1.86. The third-order valence-corrected chi connectivity index (χ3v) is 4.83. The number of hydrogen-bond donors (Lipinski definition) is 1. The summed E-state index contributed by atoms with van der Waals surface area (Å²) in [6.07, 6.45) is -2.03. The van der Waals surface area contributed by atoms with E-state index in [0.717, 1.165) is 12.1 Å². The van der Waals surface area contributed by atoms with Gasteiger partial charge in [-0.05, 0) is 68.8 Å². The van der Waals surface area contributed by atoms with E-state index in [2.05, 4.69) is 9.72 Å². The van der Waals surface area contributed by atoms with Gasteiger partial charge in [0.2, 0.25) is 0 Å². The predicted octanol–water partition coefficient (Wildman–Crippen LogP) is 5.93. The largest absolute Gasteiger partial charge is 0.573 e. The average Bonchev–Trinajstić information content (AvgIpc) is 2.77. The van der Waals surface area contributed by atoms with Gasteiger partial charge in [0.15, 0.2) is 5.43 Å². The Morgan fingerprint density at radius 2 is 1.53 bits per heavy atom. The lowest BCUT2D eigenvalue weighted by molar-refractivity contribution is -0.274. The predicted molar refractivity (Wildman–Crippen MR) is 121 cm³/mol. The standard InChI is InChI=1S/C25H22F3NO5/c1-4-32-22(30)14-13-21-23(24(31)15(2)16(3)29-21)17-5-7-18(8-6-17)33-19-9-11-20(12-10-19)34-25(26,27)28/h5-14H,4H2,1-3H3,(H,29,31)/b14-13+. The summed E-state index contributed by atoms with van der Waals surface area (Å²) in [7, 11) is 0. The first kappa shape index (κ1) is 24.6. The summed E-state index contributed by atoms with van der Waals surface area (Å²) in [4.78, 5) is 27.9. The quantitative estimate of drug-likeness (QED) is 0.340. The Hall–Kier alpha value is -4.01. The minimum atomic E-state index is -4.77. The molecule has 34 heavy (non-hydrogen) atoms. The van der Waals surface area contributed by atoms with Crippen LogP contribution in [0.1, 0.15) is 23.9 Å². The number of halogens is 3. The summed E-state index contributed by atoms with van der Waals surface area (Å²) in [6, 6.07) is 11.6. The molecule has 3 aromatic rings. The third kappa shape index (κ3) is 6.28. The van der Waals surface area contributed by atoms with E-state index in [4.69, 9.17) is 9.47 Å². The van der Waals surface area contributed by atoms with Gasteiger partial charge in [-0.25, -0.2) is 4.79 Å². The van der Waals surface area contributed by atoms with E-state index in [9.17, 15) is 22.8 Å². The Kier molecular flexibility index (Phi) is 7.45. The van der Waals surface area contributed by atoms with Gasteiger partial charge in [0, 0.05) is 17.3 Å². The number of aryl methyl sites for hydroxylation is 1. The highest BCUT2D eigenvalue weighted by atomic mass is 19.4. The first-order chi connectivity index (χ1) is 16.1. The molecule has 1 N–H and O–H groups in total. The van der Waals surface area contributed by atoms with Crippen LogP contribution in [0.5, 0.6) is 17.2 Å². The zero-order valence-electron chi connectivity index (χ0n) is 18.7. The van der Waals surface area contributed by atoms with Gasteiger partial charge in [-0.3, -0.25) is 4.79 Å². The van der Waals surface area contributed by atoms with Crippen LogP contribution >= 0.6 is 0 Å². The molecule has 2 aromatic carbocycles. The first-order valence-corrected chi connectivity index (χ1v) is 10.3. The fourth-order valence-electron chi connectivity index (χ4n) is 3.13. The van der Waals surface area contributed by atoms with E-state index in [-0.39, 0.29) is 17.8 Å². The lowest BCUT2D eigenvalue weighted by Gasteiger charge is -2.12. The van der Waals surface area contributed by atoms with Crippen LogP contribution in [0.4, 0.5) is 13.2 Å². The number of esters is 1. The van der Waals surface area contributed by atoms with E-state index in [1.807, 2.05) is 0 Å². The molecule has 0 atom stereocenters. The number of aromatic amines is 1. The fraction of sp³-hybridized carbons (Fsp3) is 0.200. The number of hydrogen-bond acceptors (Lipinski definition) is 5. The third-order valence-electron chi connectivity index (χ3n) is 4.83. The highest BCUT2D eigenvalue weighted by Crippen LogP contribution is 2.29. The van der Waals surface area contributed by atoms with Crippen molar-refractivity contribution in [2.45, 2.75) is 27.1 Å². The highest BCUT2D eigenvalue weighted by molar-refractivity contribution is 5.88. The summed E-state index contributed by atoms with van der Waals surface area (Å²) in [5.41, 5.74) is 2.46. The molecule has 3 rings (SSSR count).